The molecule has 3 rings (SSSR count). The number of nitrogens with one attached hydrogen (secondary N) is 1. The van der Waals surface area contributed by atoms with E-state index in [0.29, 0.717) is 0 Å². The van der Waals surface area contributed by atoms with Gasteiger partial charge in [-0.15, -0.1) is 0 Å². The predicted molar refractivity (Wildman–Crippen MR) is 80.2 cm³/mol. The molecule has 0 amide bonds. The van der Waals surface area contributed by atoms with E-state index in [2.05, 4.69) is 30.4 Å². The van der Waals surface area contributed by atoms with Gasteiger partial charge in [0.05, 0.1) is 18.8 Å². The maximum Gasteiger partial charge on any atom is 0.121 e. The van der Waals surface area contributed by atoms with Gasteiger partial charge in [0.15, 0.2) is 0 Å². The van der Waals surface area contributed by atoms with Gasteiger partial charge in [-0.2, -0.15) is 0 Å². The molecule has 1 N–H and O–H groups in total. The van der Waals surface area contributed by atoms with Crippen molar-refractivity contribution in [2.45, 2.75) is 50.7 Å². The van der Waals surface area contributed by atoms with E-state index in [4.69, 9.17) is 9.47 Å². The molecule has 0 bridgehead atoms. The zero-order valence-electron chi connectivity index (χ0n) is 12.6. The van der Waals surface area contributed by atoms with Crippen LogP contribution in [0.4, 0.5) is 0 Å². The van der Waals surface area contributed by atoms with Gasteiger partial charge in [-0.3, -0.25) is 0 Å². The van der Waals surface area contributed by atoms with Crippen molar-refractivity contribution in [2.24, 2.45) is 0 Å². The molecule has 1 aliphatic heterocycles. The normalized spacial score (nSPS) is 25.6. The summed E-state index contributed by atoms with van der Waals surface area (Å²) in [5, 5.41) is 3.59. The van der Waals surface area contributed by atoms with Gasteiger partial charge in [0.2, 0.25) is 0 Å². The van der Waals surface area contributed by atoms with E-state index in [1.165, 1.54) is 43.2 Å². The molecule has 0 radical (unpaired) electrons. The fourth-order valence-corrected chi connectivity index (χ4v) is 3.59. The van der Waals surface area contributed by atoms with Crippen molar-refractivity contribution in [2.75, 3.05) is 20.2 Å². The van der Waals surface area contributed by atoms with E-state index >= 15 is 0 Å². The molecule has 3 heteroatoms. The van der Waals surface area contributed by atoms with Gasteiger partial charge in [0.25, 0.3) is 0 Å². The molecule has 1 aliphatic carbocycles. The van der Waals surface area contributed by atoms with Gasteiger partial charge < -0.3 is 14.8 Å². The van der Waals surface area contributed by atoms with Gasteiger partial charge in [-0.1, -0.05) is 25.3 Å². The number of hydrogen-bond acceptors (Lipinski definition) is 3. The minimum Gasteiger partial charge on any atom is -0.496 e. The third-order valence-corrected chi connectivity index (χ3v) is 4.72. The number of aryl methyl sites for hydroxylation is 1. The Hall–Kier alpha value is -1.06. The SMILES string of the molecule is COc1ccc(C2CNCC3(CCCCC3)O2)cc1C. The molecule has 1 aromatic carbocycles. The van der Waals surface area contributed by atoms with Crippen LogP contribution >= 0.6 is 0 Å². The second kappa shape index (κ2) is 5.74. The van der Waals surface area contributed by atoms with Crippen molar-refractivity contribution in [1.82, 2.24) is 5.32 Å². The lowest BCUT2D eigenvalue weighted by molar-refractivity contribution is -0.135. The largest absolute Gasteiger partial charge is 0.496 e. The molecule has 2 fully saturated rings. The highest BCUT2D eigenvalue weighted by molar-refractivity contribution is 5.37. The number of ether oxygens (including phenoxy) is 2. The maximum atomic E-state index is 6.53. The Labute approximate surface area is 121 Å². The number of rotatable bonds is 2. The van der Waals surface area contributed by atoms with E-state index in [-0.39, 0.29) is 11.7 Å². The predicted octanol–water partition coefficient (Wildman–Crippen LogP) is 3.37. The van der Waals surface area contributed by atoms with Crippen LogP contribution in [0.2, 0.25) is 0 Å². The van der Waals surface area contributed by atoms with E-state index < -0.39 is 0 Å². The van der Waals surface area contributed by atoms with Crippen molar-refractivity contribution in [3.05, 3.63) is 29.3 Å². The van der Waals surface area contributed by atoms with Gasteiger partial charge >= 0.3 is 0 Å². The van der Waals surface area contributed by atoms with Crippen LogP contribution in [0.1, 0.15) is 49.3 Å². The van der Waals surface area contributed by atoms with Crippen LogP contribution in [0.5, 0.6) is 5.75 Å². The summed E-state index contributed by atoms with van der Waals surface area (Å²) in [4.78, 5) is 0. The van der Waals surface area contributed by atoms with Crippen LogP contribution in [0.15, 0.2) is 18.2 Å². The fraction of sp³-hybridized carbons (Fsp3) is 0.647. The molecule has 1 saturated heterocycles. The van der Waals surface area contributed by atoms with Crippen LogP contribution < -0.4 is 10.1 Å². The number of methoxy groups -OCH3 is 1. The first kappa shape index (κ1) is 13.9. The van der Waals surface area contributed by atoms with Crippen LogP contribution in [0.25, 0.3) is 0 Å². The molecule has 1 saturated carbocycles. The van der Waals surface area contributed by atoms with E-state index in [1.807, 2.05) is 0 Å². The molecule has 1 heterocycles. The molecule has 1 aromatic rings. The van der Waals surface area contributed by atoms with Crippen molar-refractivity contribution in [1.29, 1.82) is 0 Å². The van der Waals surface area contributed by atoms with Gasteiger partial charge in [0, 0.05) is 13.1 Å². The first-order chi connectivity index (χ1) is 9.72. The first-order valence-corrected chi connectivity index (χ1v) is 7.75. The lowest BCUT2D eigenvalue weighted by Gasteiger charge is -2.44. The molecule has 110 valence electrons. The zero-order chi connectivity index (χ0) is 14.0. The molecule has 0 aromatic heterocycles. The third-order valence-electron chi connectivity index (χ3n) is 4.72. The standard InChI is InChI=1S/C17H25NO2/c1-13-10-14(6-7-15(13)19-2)16-11-18-12-17(20-16)8-4-3-5-9-17/h6-7,10,16,18H,3-5,8-9,11-12H2,1-2H3. The minimum absolute atomic E-state index is 0.0784. The first-order valence-electron chi connectivity index (χ1n) is 7.75. The summed E-state index contributed by atoms with van der Waals surface area (Å²) in [6.07, 6.45) is 6.53. The van der Waals surface area contributed by atoms with Crippen molar-refractivity contribution in [3.63, 3.8) is 0 Å². The molecular formula is C17H25NO2. The highest BCUT2D eigenvalue weighted by Crippen LogP contribution is 2.38. The average molecular weight is 275 g/mol. The fourth-order valence-electron chi connectivity index (χ4n) is 3.59. The molecule has 20 heavy (non-hydrogen) atoms. The average Bonchev–Trinajstić information content (AvgIpc) is 2.48. The monoisotopic (exact) mass is 275 g/mol. The number of morpholine rings is 1. The topological polar surface area (TPSA) is 30.5 Å². The Morgan fingerprint density at radius 3 is 2.75 bits per heavy atom. The summed E-state index contributed by atoms with van der Waals surface area (Å²) < 4.78 is 11.9. The van der Waals surface area contributed by atoms with Crippen LogP contribution in [0, 0.1) is 6.92 Å². The Balaban J connectivity index is 1.78. The van der Waals surface area contributed by atoms with Crippen molar-refractivity contribution < 1.29 is 9.47 Å². The van der Waals surface area contributed by atoms with E-state index in [9.17, 15) is 0 Å². The lowest BCUT2D eigenvalue weighted by atomic mass is 9.83. The van der Waals surface area contributed by atoms with Crippen LogP contribution in [-0.2, 0) is 4.74 Å². The highest BCUT2D eigenvalue weighted by Gasteiger charge is 2.38. The lowest BCUT2D eigenvalue weighted by Crippen LogP contribution is -2.51. The van der Waals surface area contributed by atoms with E-state index in [1.54, 1.807) is 7.11 Å². The Morgan fingerprint density at radius 2 is 2.05 bits per heavy atom. The van der Waals surface area contributed by atoms with Gasteiger partial charge in [0.1, 0.15) is 5.75 Å². The third kappa shape index (κ3) is 2.70. The Kier molecular flexibility index (Phi) is 3.99. The summed E-state index contributed by atoms with van der Waals surface area (Å²) in [5.41, 5.74) is 2.52. The zero-order valence-corrected chi connectivity index (χ0v) is 12.6. The molecule has 1 spiro atoms. The van der Waals surface area contributed by atoms with Gasteiger partial charge in [-0.25, -0.2) is 0 Å². The van der Waals surface area contributed by atoms with Crippen LogP contribution in [-0.4, -0.2) is 25.8 Å². The van der Waals surface area contributed by atoms with Crippen molar-refractivity contribution in [3.8, 4) is 5.75 Å². The molecular weight excluding hydrogens is 250 g/mol. The maximum absolute atomic E-state index is 6.53. The molecule has 1 unspecified atom stereocenters. The highest BCUT2D eigenvalue weighted by atomic mass is 16.5. The Morgan fingerprint density at radius 1 is 1.25 bits per heavy atom. The van der Waals surface area contributed by atoms with E-state index in [0.717, 1.165) is 18.8 Å². The summed E-state index contributed by atoms with van der Waals surface area (Å²) in [6.45, 7) is 4.02. The smallest absolute Gasteiger partial charge is 0.121 e. The summed E-state index contributed by atoms with van der Waals surface area (Å²) >= 11 is 0. The molecule has 1 atom stereocenters. The van der Waals surface area contributed by atoms with Gasteiger partial charge in [-0.05, 0) is 43.0 Å². The molecule has 2 aliphatic rings. The molecule has 3 nitrogen and oxygen atoms in total. The number of hydrogen-bond donors (Lipinski definition) is 1. The van der Waals surface area contributed by atoms with Crippen molar-refractivity contribution >= 4 is 0 Å². The Bertz CT molecular complexity index is 461. The minimum atomic E-state index is 0.0784. The second-order valence-corrected chi connectivity index (χ2v) is 6.21. The van der Waals surface area contributed by atoms with Crippen LogP contribution in [0.3, 0.4) is 0 Å². The summed E-state index contributed by atoms with van der Waals surface area (Å²) in [6, 6.07) is 6.39. The summed E-state index contributed by atoms with van der Waals surface area (Å²) in [7, 11) is 1.72. The quantitative estimate of drug-likeness (QED) is 0.897. The second-order valence-electron chi connectivity index (χ2n) is 6.21. The number of benzene rings is 1. The summed E-state index contributed by atoms with van der Waals surface area (Å²) in [5.74, 6) is 0.949.